The predicted molar refractivity (Wildman–Crippen MR) is 182 cm³/mol. The Morgan fingerprint density at radius 3 is 2.89 bits per heavy atom. The largest absolute Gasteiger partial charge is 0.461 e. The van der Waals surface area contributed by atoms with E-state index in [1.807, 2.05) is 6.92 Å². The number of nitrogen functional groups attached to an aromatic ring is 1. The Bertz CT molecular complexity index is 2060. The zero-order chi connectivity index (χ0) is 32.2. The fourth-order valence-electron chi connectivity index (χ4n) is 8.96. The van der Waals surface area contributed by atoms with Gasteiger partial charge in [-0.2, -0.15) is 9.97 Å². The van der Waals surface area contributed by atoms with Gasteiger partial charge in [-0.25, -0.2) is 4.39 Å². The fourth-order valence-corrected chi connectivity index (χ4v) is 9.42. The van der Waals surface area contributed by atoms with Crippen LogP contribution in [0.4, 0.5) is 15.9 Å². The minimum atomic E-state index is -0.467. The molecule has 2 aliphatic carbocycles. The van der Waals surface area contributed by atoms with Crippen LogP contribution in [0.3, 0.4) is 0 Å². The zero-order valence-electron chi connectivity index (χ0n) is 26.4. The molecule has 2 aromatic heterocycles. The van der Waals surface area contributed by atoms with Crippen LogP contribution in [0, 0.1) is 36.4 Å². The van der Waals surface area contributed by atoms with Crippen LogP contribution < -0.4 is 15.4 Å². The molecule has 0 amide bonds. The number of pyridine rings is 1. The van der Waals surface area contributed by atoms with E-state index in [0.717, 1.165) is 41.7 Å². The van der Waals surface area contributed by atoms with Crippen molar-refractivity contribution in [2.45, 2.75) is 49.6 Å². The molecule has 47 heavy (non-hydrogen) atoms. The van der Waals surface area contributed by atoms with Crippen molar-refractivity contribution in [3.05, 3.63) is 59.6 Å². The van der Waals surface area contributed by atoms with E-state index in [-0.39, 0.29) is 33.9 Å². The summed E-state index contributed by atoms with van der Waals surface area (Å²) >= 11 is 6.79. The van der Waals surface area contributed by atoms with Crippen LogP contribution in [0.2, 0.25) is 0 Å². The number of hydrogen-bond donors (Lipinski definition) is 1. The van der Waals surface area contributed by atoms with Crippen LogP contribution in [0.1, 0.15) is 36.8 Å². The Hall–Kier alpha value is -3.97. The third-order valence-corrected chi connectivity index (χ3v) is 12.2. The zero-order valence-corrected chi connectivity index (χ0v) is 27.1. The lowest BCUT2D eigenvalue weighted by molar-refractivity contribution is 0.0649. The number of rotatable bonds is 5. The van der Waals surface area contributed by atoms with E-state index >= 15 is 4.39 Å². The molecule has 1 spiro atoms. The van der Waals surface area contributed by atoms with Gasteiger partial charge in [0.1, 0.15) is 18.2 Å². The topological polar surface area (TPSA) is 89.6 Å². The van der Waals surface area contributed by atoms with E-state index in [2.05, 4.69) is 22.3 Å². The average Bonchev–Trinajstić information content (AvgIpc) is 3.93. The first-order valence-corrected chi connectivity index (χ1v) is 16.9. The van der Waals surface area contributed by atoms with Crippen LogP contribution in [0.25, 0.3) is 32.9 Å². The first kappa shape index (κ1) is 29.2. The smallest absolute Gasteiger partial charge is 0.319 e. The Morgan fingerprint density at radius 1 is 1.23 bits per heavy atom. The molecule has 10 heteroatoms. The quantitative estimate of drug-likeness (QED) is 0.124. The highest BCUT2D eigenvalue weighted by atomic mass is 35.5. The highest BCUT2D eigenvalue weighted by Crippen LogP contribution is 2.66. The molecule has 4 atom stereocenters. The number of aryl methyl sites for hydroxylation is 1. The van der Waals surface area contributed by atoms with Crippen molar-refractivity contribution in [1.82, 2.24) is 19.9 Å². The Balaban J connectivity index is 1.21. The molecule has 4 aromatic rings. The van der Waals surface area contributed by atoms with Gasteiger partial charge in [-0.3, -0.25) is 9.88 Å². The van der Waals surface area contributed by atoms with E-state index in [1.54, 1.807) is 24.4 Å². The normalized spacial score (nSPS) is 27.6. The summed E-state index contributed by atoms with van der Waals surface area (Å²) < 4.78 is 27.6. The number of hydrogen-bond acceptors (Lipinski definition) is 8. The summed E-state index contributed by atoms with van der Waals surface area (Å²) in [5, 5.41) is 2.10. The number of nitrogens with zero attached hydrogens (tertiary/aromatic N) is 5. The molecule has 0 bridgehead atoms. The molecule has 240 valence electrons. The molecule has 5 fully saturated rings. The summed E-state index contributed by atoms with van der Waals surface area (Å²) in [5.41, 5.74) is 11.3. The number of nitrogens with two attached hydrogens (primary N) is 1. The van der Waals surface area contributed by atoms with Gasteiger partial charge in [0.25, 0.3) is 0 Å². The highest BCUT2D eigenvalue weighted by molar-refractivity contribution is 6.24. The maximum atomic E-state index is 15.0. The molecule has 3 aliphatic heterocycles. The number of terminal acetylenes is 1. The van der Waals surface area contributed by atoms with Crippen LogP contribution in [0.5, 0.6) is 6.01 Å². The third-order valence-electron chi connectivity index (χ3n) is 11.6. The van der Waals surface area contributed by atoms with E-state index < -0.39 is 5.82 Å². The number of halogens is 2. The first-order valence-electron chi connectivity index (χ1n) is 16.4. The van der Waals surface area contributed by atoms with Gasteiger partial charge in [0, 0.05) is 47.4 Å². The standard InChI is InChI=1S/C37H36ClFN6O2/c1-4-24-28(39)6-5-22-13-23(40)14-25(29(22)24)31-21(3)32-26(16-41-31)34(45-11-12-46-18-27-30(38)33(27)45)43-35(42-32)47-19-37-15-20(2)17-44(37)10-9-36(37)7-8-36/h1,5-6,13-14,16,27,30,33H,2,7-12,15,17-19,40H2,3H3/t27?,30?,33?,37-/m0/s1. The summed E-state index contributed by atoms with van der Waals surface area (Å²) in [6.07, 6.45) is 12.2. The minimum Gasteiger partial charge on any atom is -0.461 e. The second-order valence-corrected chi connectivity index (χ2v) is 14.6. The lowest BCUT2D eigenvalue weighted by Crippen LogP contribution is -2.49. The number of anilines is 2. The predicted octanol–water partition coefficient (Wildman–Crippen LogP) is 5.86. The maximum Gasteiger partial charge on any atom is 0.319 e. The molecule has 3 unspecified atom stereocenters. The van der Waals surface area contributed by atoms with Gasteiger partial charge in [-0.05, 0) is 68.2 Å². The van der Waals surface area contributed by atoms with Crippen LogP contribution in [0.15, 0.2) is 42.6 Å². The van der Waals surface area contributed by atoms with Crippen molar-refractivity contribution in [1.29, 1.82) is 0 Å². The van der Waals surface area contributed by atoms with Gasteiger partial charge < -0.3 is 20.1 Å². The Kier molecular flexibility index (Phi) is 6.37. The first-order chi connectivity index (χ1) is 22.7. The molecule has 2 N–H and O–H groups in total. The van der Waals surface area contributed by atoms with Crippen molar-refractivity contribution < 1.29 is 13.9 Å². The molecule has 9 rings (SSSR count). The second kappa shape index (κ2) is 10.3. The van der Waals surface area contributed by atoms with Gasteiger partial charge in [-0.15, -0.1) is 18.0 Å². The Morgan fingerprint density at radius 2 is 2.09 bits per heavy atom. The van der Waals surface area contributed by atoms with E-state index in [9.17, 15) is 0 Å². The lowest BCUT2D eigenvalue weighted by Gasteiger charge is -2.37. The summed E-state index contributed by atoms with van der Waals surface area (Å²) in [6, 6.07) is 7.09. The average molecular weight is 651 g/mol. The van der Waals surface area contributed by atoms with Crippen LogP contribution >= 0.6 is 11.6 Å². The molecular formula is C37H36ClFN6O2. The van der Waals surface area contributed by atoms with Crippen molar-refractivity contribution in [2.24, 2.45) is 11.3 Å². The second-order valence-electron chi connectivity index (χ2n) is 14.1. The molecule has 2 saturated carbocycles. The fraction of sp³-hybridized carbons (Fsp3) is 0.432. The Labute approximate surface area is 278 Å². The maximum absolute atomic E-state index is 15.0. The van der Waals surface area contributed by atoms with Gasteiger partial charge >= 0.3 is 6.01 Å². The summed E-state index contributed by atoms with van der Waals surface area (Å²) in [4.78, 5) is 19.9. The number of benzene rings is 2. The third kappa shape index (κ3) is 4.24. The number of fused-ring (bicyclic) bond motifs is 5. The highest BCUT2D eigenvalue weighted by Gasteiger charge is 2.67. The van der Waals surface area contributed by atoms with Crippen LogP contribution in [-0.2, 0) is 4.74 Å². The molecule has 3 saturated heterocycles. The summed E-state index contributed by atoms with van der Waals surface area (Å²) in [7, 11) is 0. The van der Waals surface area contributed by atoms with Gasteiger partial charge in [-0.1, -0.05) is 24.1 Å². The van der Waals surface area contributed by atoms with E-state index in [4.69, 9.17) is 48.2 Å². The van der Waals surface area contributed by atoms with Crippen molar-refractivity contribution >= 4 is 44.8 Å². The van der Waals surface area contributed by atoms with E-state index in [1.165, 1.54) is 30.9 Å². The van der Waals surface area contributed by atoms with Gasteiger partial charge in [0.15, 0.2) is 0 Å². The molecule has 0 radical (unpaired) electrons. The van der Waals surface area contributed by atoms with Crippen LogP contribution in [-0.4, -0.2) is 76.3 Å². The molecule has 2 aromatic carbocycles. The van der Waals surface area contributed by atoms with Gasteiger partial charge in [0.2, 0.25) is 0 Å². The van der Waals surface area contributed by atoms with Crippen molar-refractivity contribution in [3.8, 4) is 29.6 Å². The van der Waals surface area contributed by atoms with Crippen molar-refractivity contribution in [2.75, 3.05) is 50.1 Å². The van der Waals surface area contributed by atoms with E-state index in [0.29, 0.717) is 60.2 Å². The summed E-state index contributed by atoms with van der Waals surface area (Å²) in [6.45, 7) is 10.7. The SMILES string of the molecule is C#Cc1c(F)ccc2cc(N)cc(-c3ncc4c(N5CCOCC6C(Cl)C65)nc(OC[C@]56CC(=C)CN5CCC65CC5)nc4c3C)c12. The monoisotopic (exact) mass is 650 g/mol. The molecule has 5 aliphatic rings. The lowest BCUT2D eigenvalue weighted by atomic mass is 9.80. The summed E-state index contributed by atoms with van der Waals surface area (Å²) in [5.74, 6) is 3.05. The van der Waals surface area contributed by atoms with Gasteiger partial charge in [0.05, 0.1) is 52.3 Å². The molecule has 5 heterocycles. The van der Waals surface area contributed by atoms with Crippen molar-refractivity contribution in [3.63, 3.8) is 0 Å². The molecular weight excluding hydrogens is 615 g/mol. The number of ether oxygens (including phenoxy) is 2. The molecule has 8 nitrogen and oxygen atoms in total. The number of alkyl halides is 1. The number of aromatic nitrogens is 3. The minimum absolute atomic E-state index is 0.0288.